The van der Waals surface area contributed by atoms with Crippen molar-refractivity contribution in [3.05, 3.63) is 20.9 Å². The Morgan fingerprint density at radius 2 is 1.96 bits per heavy atom. The van der Waals surface area contributed by atoms with E-state index in [9.17, 15) is 4.79 Å². The Morgan fingerprint density at radius 1 is 1.22 bits per heavy atom. The molecule has 126 valence electrons. The van der Waals surface area contributed by atoms with E-state index in [1.54, 1.807) is 0 Å². The van der Waals surface area contributed by atoms with Crippen molar-refractivity contribution in [3.8, 4) is 0 Å². The van der Waals surface area contributed by atoms with Crippen molar-refractivity contribution in [1.29, 1.82) is 0 Å². The van der Waals surface area contributed by atoms with E-state index >= 15 is 0 Å². The Kier molecular flexibility index (Phi) is 4.22. The SMILES string of the molecule is Cc1c([C@H](C)[C@H]2CC[C@H](N3CCC3)CC2)sc2c1C(=O)NCC2. The summed E-state index contributed by atoms with van der Waals surface area (Å²) in [6.45, 7) is 8.03. The molecule has 3 heterocycles. The van der Waals surface area contributed by atoms with Crippen LogP contribution in [-0.4, -0.2) is 36.5 Å². The van der Waals surface area contributed by atoms with Crippen LogP contribution in [-0.2, 0) is 6.42 Å². The quantitative estimate of drug-likeness (QED) is 0.915. The first-order valence-electron chi connectivity index (χ1n) is 9.29. The number of hydrogen-bond acceptors (Lipinski definition) is 3. The van der Waals surface area contributed by atoms with Crippen molar-refractivity contribution >= 4 is 17.2 Å². The smallest absolute Gasteiger partial charge is 0.252 e. The van der Waals surface area contributed by atoms with E-state index in [-0.39, 0.29) is 5.91 Å². The number of carbonyl (C=O) groups excluding carboxylic acids is 1. The lowest BCUT2D eigenvalue weighted by molar-refractivity contribution is 0.0758. The first-order valence-corrected chi connectivity index (χ1v) is 10.1. The molecule has 23 heavy (non-hydrogen) atoms. The van der Waals surface area contributed by atoms with E-state index in [0.717, 1.165) is 30.5 Å². The molecule has 4 rings (SSSR count). The molecule has 1 N–H and O–H groups in total. The van der Waals surface area contributed by atoms with E-state index in [2.05, 4.69) is 24.1 Å². The summed E-state index contributed by atoms with van der Waals surface area (Å²) in [5.41, 5.74) is 2.26. The first kappa shape index (κ1) is 15.6. The zero-order valence-corrected chi connectivity index (χ0v) is 15.2. The van der Waals surface area contributed by atoms with Crippen molar-refractivity contribution in [2.24, 2.45) is 5.92 Å². The molecule has 1 aromatic rings. The molecule has 0 radical (unpaired) electrons. The molecule has 4 heteroatoms. The molecule has 2 aliphatic heterocycles. The van der Waals surface area contributed by atoms with Crippen molar-refractivity contribution in [1.82, 2.24) is 10.2 Å². The average molecular weight is 333 g/mol. The zero-order chi connectivity index (χ0) is 16.0. The maximum absolute atomic E-state index is 12.2. The van der Waals surface area contributed by atoms with Gasteiger partial charge in [0.1, 0.15) is 0 Å². The fourth-order valence-electron chi connectivity index (χ4n) is 4.76. The molecule has 0 spiro atoms. The number of nitrogens with zero attached hydrogens (tertiary/aromatic N) is 1. The number of carbonyl (C=O) groups is 1. The van der Waals surface area contributed by atoms with Crippen LogP contribution in [0.25, 0.3) is 0 Å². The third kappa shape index (κ3) is 2.74. The highest BCUT2D eigenvalue weighted by Gasteiger charge is 2.33. The van der Waals surface area contributed by atoms with E-state index in [4.69, 9.17) is 0 Å². The minimum absolute atomic E-state index is 0.153. The molecule has 3 aliphatic rings. The largest absolute Gasteiger partial charge is 0.352 e. The third-order valence-electron chi connectivity index (χ3n) is 6.39. The number of nitrogens with one attached hydrogen (secondary N) is 1. The van der Waals surface area contributed by atoms with E-state index in [1.807, 2.05) is 11.3 Å². The van der Waals surface area contributed by atoms with E-state index < -0.39 is 0 Å². The summed E-state index contributed by atoms with van der Waals surface area (Å²) in [6, 6.07) is 0.857. The van der Waals surface area contributed by atoms with Gasteiger partial charge in [-0.3, -0.25) is 4.79 Å². The number of hydrogen-bond donors (Lipinski definition) is 1. The van der Waals surface area contributed by atoms with Gasteiger partial charge < -0.3 is 10.2 Å². The summed E-state index contributed by atoms with van der Waals surface area (Å²) >= 11 is 1.92. The second-order valence-electron chi connectivity index (χ2n) is 7.64. The summed E-state index contributed by atoms with van der Waals surface area (Å²) in [5.74, 6) is 1.56. The predicted molar refractivity (Wildman–Crippen MR) is 95.4 cm³/mol. The number of amides is 1. The fourth-order valence-corrected chi connectivity index (χ4v) is 6.22. The highest BCUT2D eigenvalue weighted by atomic mass is 32.1. The van der Waals surface area contributed by atoms with Gasteiger partial charge in [-0.2, -0.15) is 0 Å². The molecule has 2 fully saturated rings. The van der Waals surface area contributed by atoms with Gasteiger partial charge in [-0.25, -0.2) is 0 Å². The Labute approximate surface area is 143 Å². The van der Waals surface area contributed by atoms with Gasteiger partial charge in [-0.05, 0) is 75.9 Å². The summed E-state index contributed by atoms with van der Waals surface area (Å²) in [4.78, 5) is 17.7. The van der Waals surface area contributed by atoms with Gasteiger partial charge in [0.25, 0.3) is 5.91 Å². The minimum atomic E-state index is 0.153. The van der Waals surface area contributed by atoms with Crippen LogP contribution < -0.4 is 5.32 Å². The van der Waals surface area contributed by atoms with Crippen molar-refractivity contribution in [3.63, 3.8) is 0 Å². The molecular formula is C19H28N2OS. The molecule has 1 saturated carbocycles. The Balaban J connectivity index is 1.47. The Morgan fingerprint density at radius 3 is 2.57 bits per heavy atom. The molecule has 1 aliphatic carbocycles. The molecule has 0 unspecified atom stereocenters. The molecular weight excluding hydrogens is 304 g/mol. The topological polar surface area (TPSA) is 32.3 Å². The van der Waals surface area contributed by atoms with Gasteiger partial charge >= 0.3 is 0 Å². The monoisotopic (exact) mass is 332 g/mol. The Hall–Kier alpha value is -0.870. The maximum Gasteiger partial charge on any atom is 0.252 e. The fraction of sp³-hybridized carbons (Fsp3) is 0.737. The van der Waals surface area contributed by atoms with Crippen LogP contribution in [0, 0.1) is 12.8 Å². The normalized spacial score (nSPS) is 29.6. The lowest BCUT2D eigenvalue weighted by atomic mass is 9.77. The van der Waals surface area contributed by atoms with Crippen LogP contribution in [0.2, 0.25) is 0 Å². The van der Waals surface area contributed by atoms with E-state index in [0.29, 0.717) is 5.92 Å². The van der Waals surface area contributed by atoms with Crippen LogP contribution in [0.3, 0.4) is 0 Å². The van der Waals surface area contributed by atoms with Crippen LogP contribution in [0.1, 0.15) is 70.6 Å². The van der Waals surface area contributed by atoms with Crippen molar-refractivity contribution in [2.45, 2.75) is 64.3 Å². The number of rotatable bonds is 3. The second-order valence-corrected chi connectivity index (χ2v) is 8.78. The summed E-state index contributed by atoms with van der Waals surface area (Å²) in [7, 11) is 0. The van der Waals surface area contributed by atoms with Gasteiger partial charge in [0.2, 0.25) is 0 Å². The average Bonchev–Trinajstić information content (AvgIpc) is 2.84. The van der Waals surface area contributed by atoms with E-state index in [1.165, 1.54) is 60.5 Å². The predicted octanol–water partition coefficient (Wildman–Crippen LogP) is 3.71. The minimum Gasteiger partial charge on any atom is -0.352 e. The molecule has 0 bridgehead atoms. The van der Waals surface area contributed by atoms with Gasteiger partial charge in [-0.15, -0.1) is 11.3 Å². The summed E-state index contributed by atoms with van der Waals surface area (Å²) < 4.78 is 0. The van der Waals surface area contributed by atoms with Crippen molar-refractivity contribution in [2.75, 3.05) is 19.6 Å². The van der Waals surface area contributed by atoms with Crippen molar-refractivity contribution < 1.29 is 4.79 Å². The number of fused-ring (bicyclic) bond motifs is 1. The lowest BCUT2D eigenvalue weighted by Crippen LogP contribution is -2.46. The van der Waals surface area contributed by atoms with Crippen LogP contribution in [0.5, 0.6) is 0 Å². The third-order valence-corrected chi connectivity index (χ3v) is 7.94. The van der Waals surface area contributed by atoms with Gasteiger partial charge in [0.15, 0.2) is 0 Å². The molecule has 1 amide bonds. The zero-order valence-electron chi connectivity index (χ0n) is 14.4. The molecule has 1 saturated heterocycles. The first-order chi connectivity index (χ1) is 11.1. The highest BCUT2D eigenvalue weighted by molar-refractivity contribution is 7.12. The second kappa shape index (κ2) is 6.21. The summed E-state index contributed by atoms with van der Waals surface area (Å²) in [5, 5.41) is 3.00. The van der Waals surface area contributed by atoms with Crippen LogP contribution >= 0.6 is 11.3 Å². The Bertz CT molecular complexity index is 597. The number of thiophene rings is 1. The molecule has 1 atom stereocenters. The van der Waals surface area contributed by atoms with Gasteiger partial charge in [0, 0.05) is 22.3 Å². The molecule has 3 nitrogen and oxygen atoms in total. The molecule has 0 aromatic carbocycles. The van der Waals surface area contributed by atoms with Crippen LogP contribution in [0.15, 0.2) is 0 Å². The maximum atomic E-state index is 12.2. The lowest BCUT2D eigenvalue weighted by Gasteiger charge is -2.43. The van der Waals surface area contributed by atoms with Crippen LogP contribution in [0.4, 0.5) is 0 Å². The summed E-state index contributed by atoms with van der Waals surface area (Å²) in [6.07, 6.45) is 7.88. The standard InChI is InChI=1S/C19H28N2OS/c1-12(14-4-6-15(7-5-14)21-10-3-11-21)18-13(2)17-16(23-18)8-9-20-19(17)22/h12,14-15H,3-11H2,1-2H3,(H,20,22)/t12-,14-,15-/m1/s1. The van der Waals surface area contributed by atoms with Gasteiger partial charge in [-0.1, -0.05) is 6.92 Å². The molecule has 1 aromatic heterocycles. The number of likely N-dealkylation sites (tertiary alicyclic amines) is 1. The highest BCUT2D eigenvalue weighted by Crippen LogP contribution is 2.43. The van der Waals surface area contributed by atoms with Gasteiger partial charge in [0.05, 0.1) is 5.56 Å².